The maximum atomic E-state index is 2.42. The molecule has 0 amide bonds. The van der Waals surface area contributed by atoms with Gasteiger partial charge in [-0.2, -0.15) is 0 Å². The highest BCUT2D eigenvalue weighted by molar-refractivity contribution is 5.90. The summed E-state index contributed by atoms with van der Waals surface area (Å²) in [6.45, 7) is 4.56. The van der Waals surface area contributed by atoms with Gasteiger partial charge in [0.1, 0.15) is 0 Å². The molecule has 0 heterocycles. The number of hydrogen-bond acceptors (Lipinski definition) is 0. The SMILES string of the molecule is Cc1c(-c2ccccc2-c2ccccc2)cc2c(c1C)Cc1ccccc1-2. The molecule has 0 spiro atoms. The second-order valence-electron chi connectivity index (χ2n) is 7.45. The Labute approximate surface area is 161 Å². The first-order valence-electron chi connectivity index (χ1n) is 9.60. The van der Waals surface area contributed by atoms with Crippen LogP contribution in [-0.4, -0.2) is 0 Å². The third-order valence-electron chi connectivity index (χ3n) is 6.01. The Kier molecular flexibility index (Phi) is 3.72. The van der Waals surface area contributed by atoms with Crippen LogP contribution >= 0.6 is 0 Å². The van der Waals surface area contributed by atoms with Crippen LogP contribution in [0.1, 0.15) is 22.3 Å². The molecule has 0 radical (unpaired) electrons. The second kappa shape index (κ2) is 6.25. The van der Waals surface area contributed by atoms with Crippen LogP contribution in [0.2, 0.25) is 0 Å². The van der Waals surface area contributed by atoms with Crippen LogP contribution in [0.4, 0.5) is 0 Å². The molecule has 0 N–H and O–H groups in total. The standard InChI is InChI=1S/C27H22/c1-18-19(2)26(17-27-23-14-7-6-12-21(23)16-25(18)27)24-15-9-8-13-22(24)20-10-4-3-5-11-20/h3-15,17H,16H2,1-2H3. The Hall–Kier alpha value is -3.12. The van der Waals surface area contributed by atoms with Gasteiger partial charge in [0.15, 0.2) is 0 Å². The first kappa shape index (κ1) is 16.1. The zero-order valence-corrected chi connectivity index (χ0v) is 15.8. The second-order valence-corrected chi connectivity index (χ2v) is 7.45. The lowest BCUT2D eigenvalue weighted by Gasteiger charge is -2.17. The summed E-state index contributed by atoms with van der Waals surface area (Å²) in [4.78, 5) is 0. The van der Waals surface area contributed by atoms with E-state index in [0.29, 0.717) is 0 Å². The third-order valence-corrected chi connectivity index (χ3v) is 6.01. The van der Waals surface area contributed by atoms with Crippen LogP contribution in [0.15, 0.2) is 84.9 Å². The van der Waals surface area contributed by atoms with E-state index in [1.807, 2.05) is 0 Å². The van der Waals surface area contributed by atoms with Gasteiger partial charge in [-0.25, -0.2) is 0 Å². The van der Waals surface area contributed by atoms with E-state index in [1.165, 1.54) is 55.6 Å². The molecule has 0 aromatic heterocycles. The maximum absolute atomic E-state index is 2.42. The summed E-state index contributed by atoms with van der Waals surface area (Å²) in [5, 5.41) is 0. The van der Waals surface area contributed by atoms with Gasteiger partial charge in [-0.1, -0.05) is 78.9 Å². The van der Waals surface area contributed by atoms with Crippen molar-refractivity contribution in [1.29, 1.82) is 0 Å². The van der Waals surface area contributed by atoms with Gasteiger partial charge in [0.25, 0.3) is 0 Å². The Morgan fingerprint density at radius 2 is 1.15 bits per heavy atom. The van der Waals surface area contributed by atoms with Gasteiger partial charge in [-0.3, -0.25) is 0 Å². The molecule has 0 saturated heterocycles. The molecule has 4 aromatic carbocycles. The van der Waals surface area contributed by atoms with Gasteiger partial charge in [0, 0.05) is 0 Å². The van der Waals surface area contributed by atoms with Crippen molar-refractivity contribution >= 4 is 0 Å². The van der Waals surface area contributed by atoms with Crippen LogP contribution in [-0.2, 0) is 6.42 Å². The summed E-state index contributed by atoms with van der Waals surface area (Å²) in [6.07, 6.45) is 1.05. The largest absolute Gasteiger partial charge is 0.0622 e. The Bertz CT molecular complexity index is 1150. The van der Waals surface area contributed by atoms with Crippen LogP contribution < -0.4 is 0 Å². The van der Waals surface area contributed by atoms with Gasteiger partial charge in [-0.15, -0.1) is 0 Å². The highest BCUT2D eigenvalue weighted by Crippen LogP contribution is 2.44. The molecular formula is C27H22. The molecule has 0 bridgehead atoms. The van der Waals surface area contributed by atoms with Gasteiger partial charge in [0.05, 0.1) is 0 Å². The van der Waals surface area contributed by atoms with Crippen LogP contribution in [0.25, 0.3) is 33.4 Å². The van der Waals surface area contributed by atoms with Gasteiger partial charge in [0.2, 0.25) is 0 Å². The molecule has 0 aliphatic heterocycles. The van der Waals surface area contributed by atoms with E-state index in [2.05, 4.69) is 98.8 Å². The average molecular weight is 346 g/mol. The Balaban J connectivity index is 1.77. The lowest BCUT2D eigenvalue weighted by atomic mass is 9.87. The Morgan fingerprint density at radius 1 is 0.519 bits per heavy atom. The molecule has 27 heavy (non-hydrogen) atoms. The van der Waals surface area contributed by atoms with Gasteiger partial charge in [-0.05, 0) is 82.0 Å². The topological polar surface area (TPSA) is 0 Å². The fourth-order valence-electron chi connectivity index (χ4n) is 4.43. The quantitative estimate of drug-likeness (QED) is 0.317. The van der Waals surface area contributed by atoms with Crippen LogP contribution in [0, 0.1) is 13.8 Å². The molecular weight excluding hydrogens is 324 g/mol. The van der Waals surface area contributed by atoms with Gasteiger partial charge >= 0.3 is 0 Å². The molecule has 5 rings (SSSR count). The minimum Gasteiger partial charge on any atom is -0.0622 e. The number of fused-ring (bicyclic) bond motifs is 3. The summed E-state index contributed by atoms with van der Waals surface area (Å²) in [7, 11) is 0. The van der Waals surface area contributed by atoms with E-state index in [4.69, 9.17) is 0 Å². The van der Waals surface area contributed by atoms with Crippen molar-refractivity contribution in [2.24, 2.45) is 0 Å². The number of rotatable bonds is 2. The molecule has 0 atom stereocenters. The molecule has 0 saturated carbocycles. The molecule has 0 unspecified atom stereocenters. The molecule has 0 nitrogen and oxygen atoms in total. The summed E-state index contributed by atoms with van der Waals surface area (Å²) >= 11 is 0. The predicted octanol–water partition coefficient (Wildman–Crippen LogP) is 7.21. The van der Waals surface area contributed by atoms with Crippen LogP contribution in [0.3, 0.4) is 0 Å². The van der Waals surface area contributed by atoms with E-state index < -0.39 is 0 Å². The summed E-state index contributed by atoms with van der Waals surface area (Å²) in [6, 6.07) is 30.7. The first-order valence-corrected chi connectivity index (χ1v) is 9.60. The van der Waals surface area contributed by atoms with Gasteiger partial charge < -0.3 is 0 Å². The van der Waals surface area contributed by atoms with Crippen molar-refractivity contribution in [3.63, 3.8) is 0 Å². The van der Waals surface area contributed by atoms with E-state index in [1.54, 1.807) is 0 Å². The highest BCUT2D eigenvalue weighted by atomic mass is 14.3. The first-order chi connectivity index (χ1) is 13.2. The lowest BCUT2D eigenvalue weighted by molar-refractivity contribution is 1.19. The van der Waals surface area contributed by atoms with E-state index in [-0.39, 0.29) is 0 Å². The van der Waals surface area contributed by atoms with Crippen molar-refractivity contribution < 1.29 is 0 Å². The van der Waals surface area contributed by atoms with Crippen molar-refractivity contribution in [3.8, 4) is 33.4 Å². The third kappa shape index (κ3) is 2.52. The molecule has 0 fully saturated rings. The van der Waals surface area contributed by atoms with Crippen LogP contribution in [0.5, 0.6) is 0 Å². The average Bonchev–Trinajstić information content (AvgIpc) is 3.10. The van der Waals surface area contributed by atoms with Crippen molar-refractivity contribution in [3.05, 3.63) is 107 Å². The molecule has 4 aromatic rings. The lowest BCUT2D eigenvalue weighted by Crippen LogP contribution is -1.96. The normalized spacial score (nSPS) is 11.9. The fourth-order valence-corrected chi connectivity index (χ4v) is 4.43. The number of benzene rings is 4. The maximum Gasteiger partial charge on any atom is -0.00107 e. The number of hydrogen-bond donors (Lipinski definition) is 0. The van der Waals surface area contributed by atoms with E-state index in [0.717, 1.165) is 6.42 Å². The monoisotopic (exact) mass is 346 g/mol. The van der Waals surface area contributed by atoms with E-state index in [9.17, 15) is 0 Å². The molecule has 0 heteroatoms. The predicted molar refractivity (Wildman–Crippen MR) is 115 cm³/mol. The fraction of sp³-hybridized carbons (Fsp3) is 0.111. The summed E-state index contributed by atoms with van der Waals surface area (Å²) in [5.74, 6) is 0. The Morgan fingerprint density at radius 3 is 1.93 bits per heavy atom. The van der Waals surface area contributed by atoms with Crippen molar-refractivity contribution in [2.45, 2.75) is 20.3 Å². The molecule has 1 aliphatic carbocycles. The molecule has 1 aliphatic rings. The van der Waals surface area contributed by atoms with E-state index >= 15 is 0 Å². The highest BCUT2D eigenvalue weighted by Gasteiger charge is 2.23. The summed E-state index contributed by atoms with van der Waals surface area (Å²) in [5.41, 5.74) is 13.8. The smallest absolute Gasteiger partial charge is 0.00107 e. The zero-order chi connectivity index (χ0) is 18.4. The van der Waals surface area contributed by atoms with Crippen molar-refractivity contribution in [2.75, 3.05) is 0 Å². The minimum absolute atomic E-state index is 1.05. The van der Waals surface area contributed by atoms with Crippen molar-refractivity contribution in [1.82, 2.24) is 0 Å². The molecule has 130 valence electrons. The zero-order valence-electron chi connectivity index (χ0n) is 15.8. The minimum atomic E-state index is 1.05. The summed E-state index contributed by atoms with van der Waals surface area (Å²) < 4.78 is 0.